The summed E-state index contributed by atoms with van der Waals surface area (Å²) < 4.78 is 1.65. The number of H-pyrrole nitrogens is 1. The van der Waals surface area contributed by atoms with Gasteiger partial charge in [-0.05, 0) is 52.2 Å². The maximum Gasteiger partial charge on any atom is 0.278 e. The highest BCUT2D eigenvalue weighted by Gasteiger charge is 2.17. The van der Waals surface area contributed by atoms with Gasteiger partial charge in [-0.2, -0.15) is 0 Å². The molecule has 0 saturated carbocycles. The van der Waals surface area contributed by atoms with Gasteiger partial charge < -0.3 is 10.3 Å². The number of aromatic amines is 1. The van der Waals surface area contributed by atoms with Crippen LogP contribution in [-0.2, 0) is 11.2 Å². The molecule has 3 rings (SSSR count). The van der Waals surface area contributed by atoms with E-state index < -0.39 is 0 Å². The molecule has 0 aliphatic rings. The lowest BCUT2D eigenvalue weighted by atomic mass is 10.1. The lowest BCUT2D eigenvalue weighted by Crippen LogP contribution is -2.34. The SMILES string of the molecule is Cc1cc2nc(SCC(=O)N[C@@H](C)CCc3ccccc3)n(C(C)C)c(=O)c2[nH]1. The Bertz CT molecular complexity index is 1040. The Balaban J connectivity index is 1.63. The van der Waals surface area contributed by atoms with Gasteiger partial charge >= 0.3 is 0 Å². The van der Waals surface area contributed by atoms with Crippen molar-refractivity contribution < 1.29 is 4.79 Å². The van der Waals surface area contributed by atoms with E-state index in [0.717, 1.165) is 18.5 Å². The zero-order chi connectivity index (χ0) is 21.0. The molecule has 3 aromatic rings. The molecule has 2 aromatic heterocycles. The lowest BCUT2D eigenvalue weighted by molar-refractivity contribution is -0.119. The third-order valence-corrected chi connectivity index (χ3v) is 5.70. The molecule has 0 spiro atoms. The second kappa shape index (κ2) is 9.31. The molecule has 154 valence electrons. The van der Waals surface area contributed by atoms with Crippen LogP contribution in [0.2, 0.25) is 0 Å². The number of aromatic nitrogens is 3. The maximum atomic E-state index is 12.8. The normalized spacial score (nSPS) is 12.4. The Morgan fingerprint density at radius 1 is 1.24 bits per heavy atom. The van der Waals surface area contributed by atoms with Crippen LogP contribution >= 0.6 is 11.8 Å². The Kier molecular flexibility index (Phi) is 6.79. The van der Waals surface area contributed by atoms with Crippen molar-refractivity contribution in [3.8, 4) is 0 Å². The molecule has 0 radical (unpaired) electrons. The smallest absolute Gasteiger partial charge is 0.278 e. The van der Waals surface area contributed by atoms with Crippen molar-refractivity contribution in [3.05, 3.63) is 58.0 Å². The van der Waals surface area contributed by atoms with Crippen LogP contribution in [0.1, 0.15) is 44.5 Å². The van der Waals surface area contributed by atoms with Gasteiger partial charge in [0, 0.05) is 17.8 Å². The molecule has 1 amide bonds. The maximum absolute atomic E-state index is 12.8. The highest BCUT2D eigenvalue weighted by atomic mass is 32.2. The molecule has 2 N–H and O–H groups in total. The predicted molar refractivity (Wildman–Crippen MR) is 119 cm³/mol. The summed E-state index contributed by atoms with van der Waals surface area (Å²) in [5.74, 6) is 0.175. The van der Waals surface area contributed by atoms with Crippen molar-refractivity contribution in [3.63, 3.8) is 0 Å². The van der Waals surface area contributed by atoms with Gasteiger partial charge in [-0.3, -0.25) is 14.2 Å². The van der Waals surface area contributed by atoms with E-state index in [2.05, 4.69) is 27.4 Å². The fourth-order valence-corrected chi connectivity index (χ4v) is 4.23. The molecule has 0 aliphatic heterocycles. The van der Waals surface area contributed by atoms with Crippen molar-refractivity contribution >= 4 is 28.7 Å². The molecule has 1 atom stereocenters. The molecule has 0 aliphatic carbocycles. The number of fused-ring (bicyclic) bond motifs is 1. The van der Waals surface area contributed by atoms with Gasteiger partial charge in [0.15, 0.2) is 5.16 Å². The van der Waals surface area contributed by atoms with Crippen molar-refractivity contribution in [2.75, 3.05) is 5.75 Å². The van der Waals surface area contributed by atoms with Gasteiger partial charge in [-0.25, -0.2) is 4.98 Å². The molecule has 0 bridgehead atoms. The first kappa shape index (κ1) is 21.2. The summed E-state index contributed by atoms with van der Waals surface area (Å²) in [6.45, 7) is 7.81. The monoisotopic (exact) mass is 412 g/mol. The summed E-state index contributed by atoms with van der Waals surface area (Å²) in [5.41, 5.74) is 3.22. The van der Waals surface area contributed by atoms with Crippen LogP contribution in [0.5, 0.6) is 0 Å². The molecule has 0 saturated heterocycles. The minimum absolute atomic E-state index is 0.0432. The van der Waals surface area contributed by atoms with E-state index in [4.69, 9.17) is 0 Å². The number of nitrogens with one attached hydrogen (secondary N) is 2. The van der Waals surface area contributed by atoms with Crippen LogP contribution in [0.25, 0.3) is 11.0 Å². The summed E-state index contributed by atoms with van der Waals surface area (Å²) >= 11 is 1.30. The number of hydrogen-bond acceptors (Lipinski definition) is 4. The summed E-state index contributed by atoms with van der Waals surface area (Å²) in [6.07, 6.45) is 1.80. The third kappa shape index (κ3) is 5.29. The fourth-order valence-electron chi connectivity index (χ4n) is 3.29. The van der Waals surface area contributed by atoms with Crippen LogP contribution < -0.4 is 10.9 Å². The Hall–Kier alpha value is -2.54. The van der Waals surface area contributed by atoms with E-state index in [1.165, 1.54) is 17.3 Å². The summed E-state index contributed by atoms with van der Waals surface area (Å²) in [5, 5.41) is 3.62. The van der Waals surface area contributed by atoms with E-state index >= 15 is 0 Å². The number of thioether (sulfide) groups is 1. The molecule has 2 heterocycles. The number of hydrogen-bond donors (Lipinski definition) is 2. The standard InChI is InChI=1S/C22H28N4O2S/c1-14(2)26-21(28)20-18(12-16(4)24-20)25-22(26)29-13-19(27)23-15(3)10-11-17-8-6-5-7-9-17/h5-9,12,14-15,24H,10-11,13H2,1-4H3,(H,23,27)/t15-/m0/s1. The molecular weight excluding hydrogens is 384 g/mol. The van der Waals surface area contributed by atoms with E-state index in [1.54, 1.807) is 4.57 Å². The molecule has 6 nitrogen and oxygen atoms in total. The average molecular weight is 413 g/mol. The molecular formula is C22H28N4O2S. The largest absolute Gasteiger partial charge is 0.353 e. The topological polar surface area (TPSA) is 79.8 Å². The summed E-state index contributed by atoms with van der Waals surface area (Å²) in [7, 11) is 0. The number of rotatable bonds is 8. The van der Waals surface area contributed by atoms with Crippen molar-refractivity contribution in [1.82, 2.24) is 19.9 Å². The quantitative estimate of drug-likeness (QED) is 0.435. The average Bonchev–Trinajstić information content (AvgIpc) is 3.06. The van der Waals surface area contributed by atoms with Gasteiger partial charge in [0.2, 0.25) is 5.91 Å². The van der Waals surface area contributed by atoms with Crippen molar-refractivity contribution in [1.29, 1.82) is 0 Å². The second-order valence-corrected chi connectivity index (χ2v) is 8.60. The lowest BCUT2D eigenvalue weighted by Gasteiger charge is -2.16. The third-order valence-electron chi connectivity index (χ3n) is 4.75. The Labute approximate surface area is 175 Å². The van der Waals surface area contributed by atoms with Gasteiger partial charge in [0.1, 0.15) is 5.52 Å². The van der Waals surface area contributed by atoms with Crippen LogP contribution in [-0.4, -0.2) is 32.2 Å². The highest BCUT2D eigenvalue weighted by molar-refractivity contribution is 7.99. The second-order valence-electron chi connectivity index (χ2n) is 7.66. The Morgan fingerprint density at radius 3 is 2.66 bits per heavy atom. The van der Waals surface area contributed by atoms with E-state index in [0.29, 0.717) is 16.2 Å². The minimum atomic E-state index is -0.0998. The molecule has 0 fully saturated rings. The van der Waals surface area contributed by atoms with Crippen molar-refractivity contribution in [2.24, 2.45) is 0 Å². The first-order valence-electron chi connectivity index (χ1n) is 9.93. The van der Waals surface area contributed by atoms with Gasteiger partial charge in [0.05, 0.1) is 11.3 Å². The van der Waals surface area contributed by atoms with Gasteiger partial charge in [-0.1, -0.05) is 42.1 Å². The molecule has 1 aromatic carbocycles. The number of nitrogens with zero attached hydrogens (tertiary/aromatic N) is 2. The fraction of sp³-hybridized carbons (Fsp3) is 0.409. The van der Waals surface area contributed by atoms with Gasteiger partial charge in [0.25, 0.3) is 5.56 Å². The van der Waals surface area contributed by atoms with Gasteiger partial charge in [-0.15, -0.1) is 0 Å². The number of amides is 1. The summed E-state index contributed by atoms with van der Waals surface area (Å²) in [4.78, 5) is 32.9. The van der Waals surface area contributed by atoms with Crippen molar-refractivity contribution in [2.45, 2.75) is 57.8 Å². The van der Waals surface area contributed by atoms with Crippen LogP contribution in [0.4, 0.5) is 0 Å². The predicted octanol–water partition coefficient (Wildman–Crippen LogP) is 3.84. The number of benzene rings is 1. The minimum Gasteiger partial charge on any atom is -0.353 e. The van der Waals surface area contributed by atoms with E-state index in [-0.39, 0.29) is 29.3 Å². The number of carbonyl (C=O) groups excluding carboxylic acids is 1. The Morgan fingerprint density at radius 2 is 1.97 bits per heavy atom. The van der Waals surface area contributed by atoms with Crippen LogP contribution in [0, 0.1) is 6.92 Å². The van der Waals surface area contributed by atoms with E-state index in [9.17, 15) is 9.59 Å². The zero-order valence-electron chi connectivity index (χ0n) is 17.4. The van der Waals surface area contributed by atoms with Crippen LogP contribution in [0.15, 0.2) is 46.3 Å². The van der Waals surface area contributed by atoms with Crippen LogP contribution in [0.3, 0.4) is 0 Å². The molecule has 29 heavy (non-hydrogen) atoms. The number of carbonyl (C=O) groups is 1. The zero-order valence-corrected chi connectivity index (χ0v) is 18.2. The first-order chi connectivity index (χ1) is 13.8. The molecule has 7 heteroatoms. The first-order valence-corrected chi connectivity index (χ1v) is 10.9. The highest BCUT2D eigenvalue weighted by Crippen LogP contribution is 2.21. The van der Waals surface area contributed by atoms with E-state index in [1.807, 2.05) is 52.0 Å². The molecule has 0 unspecified atom stereocenters. The number of aryl methyl sites for hydroxylation is 2. The summed E-state index contributed by atoms with van der Waals surface area (Å²) in [6, 6.07) is 12.1.